The van der Waals surface area contributed by atoms with Gasteiger partial charge in [-0.1, -0.05) is 54.6 Å². The molecule has 34 heavy (non-hydrogen) atoms. The molecule has 2 heterocycles. The first-order chi connectivity index (χ1) is 16.7. The van der Waals surface area contributed by atoms with Crippen molar-refractivity contribution in [2.24, 2.45) is 0 Å². The smallest absolute Gasteiger partial charge is 0.101 e. The van der Waals surface area contributed by atoms with E-state index in [9.17, 15) is 10.5 Å². The fourth-order valence-electron chi connectivity index (χ4n) is 4.48. The fraction of sp³-hybridized carbons (Fsp3) is 0.0667. The van der Waals surface area contributed by atoms with E-state index >= 15 is 0 Å². The molecular weight excluding hydrogens is 434 g/mol. The standard InChI is InChI=1S/C26H13N3S.C4H8/c27-14-16-6-5-7-17(15-28)26(16)29-20-10-3-1-8-18(20)24-21(29)12-13-23-25(24)19-9-2-4-11-22(19)30-23;1-3-4-2/h1-13H;3-4H,1-2H3/b;4-3-. The summed E-state index contributed by atoms with van der Waals surface area (Å²) in [5, 5.41) is 24.3. The van der Waals surface area contributed by atoms with Crippen LogP contribution in [0.15, 0.2) is 91.0 Å². The summed E-state index contributed by atoms with van der Waals surface area (Å²) in [6.07, 6.45) is 4.00. The van der Waals surface area contributed by atoms with Gasteiger partial charge in [-0.05, 0) is 50.2 Å². The molecule has 0 saturated carbocycles. The third-order valence-corrected chi connectivity index (χ3v) is 7.15. The second-order valence-corrected chi connectivity index (χ2v) is 8.96. The lowest BCUT2D eigenvalue weighted by Crippen LogP contribution is -2.00. The Hall–Kier alpha value is -4.38. The Bertz CT molecular complexity index is 1770. The molecule has 0 spiro atoms. The number of para-hydroxylation sites is 2. The average molecular weight is 456 g/mol. The summed E-state index contributed by atoms with van der Waals surface area (Å²) in [4.78, 5) is 0. The third kappa shape index (κ3) is 3.25. The van der Waals surface area contributed by atoms with Crippen molar-refractivity contribution < 1.29 is 0 Å². The fourth-order valence-corrected chi connectivity index (χ4v) is 5.59. The highest BCUT2D eigenvalue weighted by Crippen LogP contribution is 2.43. The molecule has 0 saturated heterocycles. The molecule has 0 aliphatic rings. The topological polar surface area (TPSA) is 52.5 Å². The zero-order valence-electron chi connectivity index (χ0n) is 18.9. The molecule has 0 unspecified atom stereocenters. The molecule has 2 aromatic heterocycles. The first-order valence-electron chi connectivity index (χ1n) is 11.1. The lowest BCUT2D eigenvalue weighted by atomic mass is 10.1. The largest absolute Gasteiger partial charge is 0.307 e. The van der Waals surface area contributed by atoms with Crippen LogP contribution in [0.2, 0.25) is 0 Å². The summed E-state index contributed by atoms with van der Waals surface area (Å²) < 4.78 is 4.57. The van der Waals surface area contributed by atoms with Gasteiger partial charge in [-0.15, -0.1) is 11.3 Å². The first kappa shape index (κ1) is 21.5. The van der Waals surface area contributed by atoms with E-state index in [1.165, 1.54) is 20.2 Å². The van der Waals surface area contributed by atoms with Gasteiger partial charge in [0, 0.05) is 30.9 Å². The van der Waals surface area contributed by atoms with E-state index in [2.05, 4.69) is 65.2 Å². The zero-order valence-corrected chi connectivity index (χ0v) is 19.7. The molecule has 162 valence electrons. The van der Waals surface area contributed by atoms with E-state index in [-0.39, 0.29) is 0 Å². The number of thiophene rings is 1. The van der Waals surface area contributed by atoms with E-state index in [0.29, 0.717) is 16.8 Å². The molecule has 6 rings (SSSR count). The van der Waals surface area contributed by atoms with E-state index in [1.54, 1.807) is 29.5 Å². The lowest BCUT2D eigenvalue weighted by Gasteiger charge is -2.11. The molecule has 0 radical (unpaired) electrons. The molecule has 0 bridgehead atoms. The van der Waals surface area contributed by atoms with Crippen LogP contribution < -0.4 is 0 Å². The van der Waals surface area contributed by atoms with Crippen LogP contribution in [0.5, 0.6) is 0 Å². The van der Waals surface area contributed by atoms with Crippen molar-refractivity contribution in [2.75, 3.05) is 0 Å². The summed E-state index contributed by atoms with van der Waals surface area (Å²) >= 11 is 1.79. The monoisotopic (exact) mass is 455 g/mol. The van der Waals surface area contributed by atoms with Crippen molar-refractivity contribution in [3.8, 4) is 17.8 Å². The van der Waals surface area contributed by atoms with Gasteiger partial charge < -0.3 is 4.57 Å². The number of rotatable bonds is 1. The molecule has 0 aliphatic carbocycles. The summed E-state index contributed by atoms with van der Waals surface area (Å²) in [6, 6.07) is 30.8. The molecule has 0 atom stereocenters. The average Bonchev–Trinajstić information content (AvgIpc) is 3.43. The minimum absolute atomic E-state index is 0.493. The number of fused-ring (bicyclic) bond motifs is 7. The van der Waals surface area contributed by atoms with Crippen LogP contribution in [0.3, 0.4) is 0 Å². The van der Waals surface area contributed by atoms with E-state index in [1.807, 2.05) is 38.1 Å². The number of nitriles is 2. The van der Waals surface area contributed by atoms with Crippen LogP contribution in [0.1, 0.15) is 25.0 Å². The van der Waals surface area contributed by atoms with Crippen LogP contribution in [0.4, 0.5) is 0 Å². The Morgan fingerprint density at radius 3 is 1.97 bits per heavy atom. The summed E-state index contributed by atoms with van der Waals surface area (Å²) in [5.41, 5.74) is 3.63. The van der Waals surface area contributed by atoms with Crippen molar-refractivity contribution in [1.29, 1.82) is 10.5 Å². The zero-order chi connectivity index (χ0) is 23.7. The van der Waals surface area contributed by atoms with Gasteiger partial charge in [0.25, 0.3) is 0 Å². The molecular formula is C30H21N3S. The van der Waals surface area contributed by atoms with Crippen LogP contribution in [0.25, 0.3) is 47.7 Å². The molecule has 4 aromatic carbocycles. The first-order valence-corrected chi connectivity index (χ1v) is 11.9. The van der Waals surface area contributed by atoms with Crippen LogP contribution in [-0.2, 0) is 0 Å². The molecule has 3 nitrogen and oxygen atoms in total. The Kier molecular flexibility index (Phi) is 5.60. The number of hydrogen-bond acceptors (Lipinski definition) is 3. The highest BCUT2D eigenvalue weighted by molar-refractivity contribution is 7.26. The quantitative estimate of drug-likeness (QED) is 0.233. The number of allylic oxidation sites excluding steroid dienone is 2. The van der Waals surface area contributed by atoms with Gasteiger partial charge in [-0.3, -0.25) is 0 Å². The minimum Gasteiger partial charge on any atom is -0.307 e. The maximum atomic E-state index is 9.79. The number of aromatic nitrogens is 1. The predicted molar refractivity (Wildman–Crippen MR) is 144 cm³/mol. The highest BCUT2D eigenvalue weighted by Gasteiger charge is 2.20. The maximum absolute atomic E-state index is 9.79. The van der Waals surface area contributed by atoms with Gasteiger partial charge >= 0.3 is 0 Å². The Morgan fingerprint density at radius 1 is 0.647 bits per heavy atom. The van der Waals surface area contributed by atoms with Crippen molar-refractivity contribution in [2.45, 2.75) is 13.8 Å². The van der Waals surface area contributed by atoms with Gasteiger partial charge in [0.05, 0.1) is 27.8 Å². The Balaban J connectivity index is 0.000000560. The predicted octanol–water partition coefficient (Wildman–Crippen LogP) is 8.48. The van der Waals surface area contributed by atoms with Crippen molar-refractivity contribution in [3.63, 3.8) is 0 Å². The lowest BCUT2D eigenvalue weighted by molar-refractivity contribution is 1.16. The molecule has 0 fully saturated rings. The minimum atomic E-state index is 0.493. The van der Waals surface area contributed by atoms with E-state index in [4.69, 9.17) is 0 Å². The SMILES string of the molecule is C/C=C\C.N#Cc1cccc(C#N)c1-n1c2ccccc2c2c3c(ccc21)sc1ccccc13. The molecule has 0 aliphatic heterocycles. The summed E-state index contributed by atoms with van der Waals surface area (Å²) in [7, 11) is 0. The van der Waals surface area contributed by atoms with Gasteiger partial charge in [0.15, 0.2) is 0 Å². The maximum Gasteiger partial charge on any atom is 0.101 e. The molecule has 4 heteroatoms. The van der Waals surface area contributed by atoms with Crippen LogP contribution in [-0.4, -0.2) is 4.57 Å². The number of nitrogens with zero attached hydrogens (tertiary/aromatic N) is 3. The van der Waals surface area contributed by atoms with Crippen molar-refractivity contribution in [1.82, 2.24) is 4.57 Å². The van der Waals surface area contributed by atoms with Gasteiger partial charge in [0.2, 0.25) is 0 Å². The van der Waals surface area contributed by atoms with Crippen molar-refractivity contribution >= 4 is 53.3 Å². The normalized spacial score (nSPS) is 11.1. The Labute approximate surface area is 202 Å². The van der Waals surface area contributed by atoms with Gasteiger partial charge in [0.1, 0.15) is 12.1 Å². The highest BCUT2D eigenvalue weighted by atomic mass is 32.1. The van der Waals surface area contributed by atoms with E-state index < -0.39 is 0 Å². The van der Waals surface area contributed by atoms with Crippen LogP contribution in [0, 0.1) is 22.7 Å². The molecule has 0 amide bonds. The summed E-state index contributed by atoms with van der Waals surface area (Å²) in [6.45, 7) is 4.00. The Morgan fingerprint density at radius 2 is 1.29 bits per heavy atom. The van der Waals surface area contributed by atoms with Gasteiger partial charge in [-0.2, -0.15) is 10.5 Å². The molecule has 0 N–H and O–H groups in total. The second kappa shape index (κ2) is 8.87. The molecule has 6 aromatic rings. The second-order valence-electron chi connectivity index (χ2n) is 7.88. The third-order valence-electron chi connectivity index (χ3n) is 6.01. The van der Waals surface area contributed by atoms with Crippen LogP contribution >= 0.6 is 11.3 Å². The van der Waals surface area contributed by atoms with Crippen molar-refractivity contribution in [3.05, 3.63) is 102 Å². The number of benzene rings is 4. The van der Waals surface area contributed by atoms with E-state index in [0.717, 1.165) is 21.8 Å². The number of hydrogen-bond donors (Lipinski definition) is 0. The van der Waals surface area contributed by atoms with Gasteiger partial charge in [-0.25, -0.2) is 0 Å². The summed E-state index contributed by atoms with van der Waals surface area (Å²) in [5.74, 6) is 0.